The van der Waals surface area contributed by atoms with Crippen LogP contribution in [0, 0.1) is 0 Å². The van der Waals surface area contributed by atoms with Crippen LogP contribution in [0.15, 0.2) is 73.1 Å². The first-order chi connectivity index (χ1) is 12.3. The molecule has 0 unspecified atom stereocenters. The van der Waals surface area contributed by atoms with E-state index >= 15 is 0 Å². The lowest BCUT2D eigenvalue weighted by Crippen LogP contribution is -2.26. The molecule has 6 heteroatoms. The first-order valence-corrected chi connectivity index (χ1v) is 7.99. The maximum Gasteiger partial charge on any atom is 0.416 e. The van der Waals surface area contributed by atoms with Crippen molar-refractivity contribution >= 4 is 5.91 Å². The van der Waals surface area contributed by atoms with E-state index in [4.69, 9.17) is 0 Å². The number of alkyl halides is 3. The molecule has 3 rings (SSSR count). The molecule has 0 N–H and O–H groups in total. The summed E-state index contributed by atoms with van der Waals surface area (Å²) in [5.74, 6) is -0.191. The zero-order valence-electron chi connectivity index (χ0n) is 14.1. The van der Waals surface area contributed by atoms with Gasteiger partial charge in [0, 0.05) is 37.2 Å². The third kappa shape index (κ3) is 3.96. The van der Waals surface area contributed by atoms with Crippen LogP contribution < -0.4 is 0 Å². The highest BCUT2D eigenvalue weighted by Crippen LogP contribution is 2.29. The minimum absolute atomic E-state index is 0.191. The molecule has 0 spiro atoms. The number of nitrogens with zero attached hydrogens (tertiary/aromatic N) is 2. The van der Waals surface area contributed by atoms with E-state index in [0.29, 0.717) is 11.1 Å². The van der Waals surface area contributed by atoms with Crippen molar-refractivity contribution in [3.05, 3.63) is 89.7 Å². The predicted octanol–water partition coefficient (Wildman–Crippen LogP) is 4.77. The fourth-order valence-corrected chi connectivity index (χ4v) is 2.65. The molecule has 0 saturated carbocycles. The minimum atomic E-state index is -4.36. The Kier molecular flexibility index (Phi) is 4.84. The molecule has 2 aromatic carbocycles. The molecule has 3 nitrogen and oxygen atoms in total. The number of hydrogen-bond donors (Lipinski definition) is 0. The Morgan fingerprint density at radius 2 is 1.54 bits per heavy atom. The van der Waals surface area contributed by atoms with Gasteiger partial charge in [-0.1, -0.05) is 12.1 Å². The summed E-state index contributed by atoms with van der Waals surface area (Å²) in [4.78, 5) is 14.0. The summed E-state index contributed by atoms with van der Waals surface area (Å²) in [6, 6.07) is 15.8. The van der Waals surface area contributed by atoms with Crippen LogP contribution in [0.25, 0.3) is 5.69 Å². The standard InChI is InChI=1S/C20H17F3N2O/c1-24(14-15-4-8-17(9-5-15)20(21,22)23)19(26)16-6-10-18(11-7-16)25-12-2-3-13-25/h2-13H,14H2,1H3. The predicted molar refractivity (Wildman–Crippen MR) is 93.0 cm³/mol. The van der Waals surface area contributed by atoms with Crippen LogP contribution in [0.3, 0.4) is 0 Å². The monoisotopic (exact) mass is 358 g/mol. The summed E-state index contributed by atoms with van der Waals surface area (Å²) >= 11 is 0. The number of carbonyl (C=O) groups is 1. The van der Waals surface area contributed by atoms with Crippen LogP contribution in [0.1, 0.15) is 21.5 Å². The number of aromatic nitrogens is 1. The van der Waals surface area contributed by atoms with E-state index in [2.05, 4.69) is 0 Å². The Balaban J connectivity index is 1.67. The Morgan fingerprint density at radius 3 is 2.08 bits per heavy atom. The van der Waals surface area contributed by atoms with Gasteiger partial charge in [0.2, 0.25) is 0 Å². The number of halogens is 3. The summed E-state index contributed by atoms with van der Waals surface area (Å²) < 4.78 is 39.7. The van der Waals surface area contributed by atoms with Crippen molar-refractivity contribution in [2.45, 2.75) is 12.7 Å². The van der Waals surface area contributed by atoms with Gasteiger partial charge in [-0.15, -0.1) is 0 Å². The quantitative estimate of drug-likeness (QED) is 0.660. The van der Waals surface area contributed by atoms with Gasteiger partial charge in [-0.25, -0.2) is 0 Å². The van der Waals surface area contributed by atoms with E-state index in [1.165, 1.54) is 17.0 Å². The van der Waals surface area contributed by atoms with Gasteiger partial charge in [-0.05, 0) is 54.1 Å². The molecule has 3 aromatic rings. The summed E-state index contributed by atoms with van der Waals surface area (Å²) in [6.07, 6.45) is -0.539. The van der Waals surface area contributed by atoms with Gasteiger partial charge in [0.1, 0.15) is 0 Å². The number of rotatable bonds is 4. The fraction of sp³-hybridized carbons (Fsp3) is 0.150. The number of benzene rings is 2. The van der Waals surface area contributed by atoms with E-state index in [-0.39, 0.29) is 12.5 Å². The van der Waals surface area contributed by atoms with Gasteiger partial charge in [0.15, 0.2) is 0 Å². The highest BCUT2D eigenvalue weighted by molar-refractivity contribution is 5.94. The lowest BCUT2D eigenvalue weighted by atomic mass is 10.1. The molecule has 0 radical (unpaired) electrons. The second-order valence-corrected chi connectivity index (χ2v) is 5.99. The largest absolute Gasteiger partial charge is 0.416 e. The van der Waals surface area contributed by atoms with Crippen molar-refractivity contribution in [3.8, 4) is 5.69 Å². The van der Waals surface area contributed by atoms with E-state index in [9.17, 15) is 18.0 Å². The van der Waals surface area contributed by atoms with E-state index in [0.717, 1.165) is 17.8 Å². The molecule has 26 heavy (non-hydrogen) atoms. The van der Waals surface area contributed by atoms with Crippen molar-refractivity contribution in [2.24, 2.45) is 0 Å². The third-order valence-electron chi connectivity index (χ3n) is 4.06. The van der Waals surface area contributed by atoms with Crippen LogP contribution in [-0.2, 0) is 12.7 Å². The van der Waals surface area contributed by atoms with Gasteiger partial charge >= 0.3 is 6.18 Å². The molecule has 0 fully saturated rings. The smallest absolute Gasteiger partial charge is 0.337 e. The van der Waals surface area contributed by atoms with E-state index < -0.39 is 11.7 Å². The summed E-state index contributed by atoms with van der Waals surface area (Å²) in [5, 5.41) is 0. The Morgan fingerprint density at radius 1 is 0.962 bits per heavy atom. The lowest BCUT2D eigenvalue weighted by molar-refractivity contribution is -0.137. The van der Waals surface area contributed by atoms with Gasteiger partial charge in [0.25, 0.3) is 5.91 Å². The van der Waals surface area contributed by atoms with Crippen molar-refractivity contribution in [2.75, 3.05) is 7.05 Å². The first kappa shape index (κ1) is 17.8. The molecular weight excluding hydrogens is 341 g/mol. The third-order valence-corrected chi connectivity index (χ3v) is 4.06. The van der Waals surface area contributed by atoms with Crippen LogP contribution in [0.2, 0.25) is 0 Å². The van der Waals surface area contributed by atoms with Crippen LogP contribution in [0.5, 0.6) is 0 Å². The molecule has 0 saturated heterocycles. The van der Waals surface area contributed by atoms with Crippen molar-refractivity contribution in [1.29, 1.82) is 0 Å². The SMILES string of the molecule is CN(Cc1ccc(C(F)(F)F)cc1)C(=O)c1ccc(-n2cccc2)cc1. The van der Waals surface area contributed by atoms with Crippen LogP contribution in [-0.4, -0.2) is 22.4 Å². The lowest BCUT2D eigenvalue weighted by Gasteiger charge is -2.18. The molecule has 0 aliphatic heterocycles. The number of amides is 1. The minimum Gasteiger partial charge on any atom is -0.337 e. The molecule has 0 aliphatic carbocycles. The Bertz CT molecular complexity index is 867. The second kappa shape index (κ2) is 7.07. The topological polar surface area (TPSA) is 25.2 Å². The Hall–Kier alpha value is -3.02. The van der Waals surface area contributed by atoms with Crippen molar-refractivity contribution in [1.82, 2.24) is 9.47 Å². The number of carbonyl (C=O) groups excluding carboxylic acids is 1. The molecule has 1 heterocycles. The maximum absolute atomic E-state index is 12.6. The molecule has 1 amide bonds. The van der Waals surface area contributed by atoms with Gasteiger partial charge < -0.3 is 9.47 Å². The fourth-order valence-electron chi connectivity index (χ4n) is 2.65. The summed E-state index contributed by atoms with van der Waals surface area (Å²) in [6.45, 7) is 0.232. The van der Waals surface area contributed by atoms with E-state index in [1.54, 1.807) is 19.2 Å². The van der Waals surface area contributed by atoms with Gasteiger partial charge in [-0.3, -0.25) is 4.79 Å². The van der Waals surface area contributed by atoms with Crippen LogP contribution in [0.4, 0.5) is 13.2 Å². The Labute approximate surface area is 149 Å². The van der Waals surface area contributed by atoms with Crippen molar-refractivity contribution < 1.29 is 18.0 Å². The first-order valence-electron chi connectivity index (χ1n) is 7.99. The van der Waals surface area contributed by atoms with E-state index in [1.807, 2.05) is 41.2 Å². The van der Waals surface area contributed by atoms with Gasteiger partial charge in [0.05, 0.1) is 5.56 Å². The highest BCUT2D eigenvalue weighted by atomic mass is 19.4. The molecule has 0 atom stereocenters. The molecule has 0 bridgehead atoms. The number of hydrogen-bond acceptors (Lipinski definition) is 1. The zero-order valence-corrected chi connectivity index (χ0v) is 14.1. The van der Waals surface area contributed by atoms with Crippen molar-refractivity contribution in [3.63, 3.8) is 0 Å². The normalized spacial score (nSPS) is 11.4. The zero-order chi connectivity index (χ0) is 18.7. The second-order valence-electron chi connectivity index (χ2n) is 5.99. The molecule has 0 aliphatic rings. The maximum atomic E-state index is 12.6. The average molecular weight is 358 g/mol. The average Bonchev–Trinajstić information content (AvgIpc) is 3.15. The van der Waals surface area contributed by atoms with Gasteiger partial charge in [-0.2, -0.15) is 13.2 Å². The molecular formula is C20H17F3N2O. The molecule has 134 valence electrons. The van der Waals surface area contributed by atoms with Crippen LogP contribution >= 0.6 is 0 Å². The summed E-state index contributed by atoms with van der Waals surface area (Å²) in [5.41, 5.74) is 1.40. The highest BCUT2D eigenvalue weighted by Gasteiger charge is 2.30. The summed E-state index contributed by atoms with van der Waals surface area (Å²) in [7, 11) is 1.62. The molecule has 1 aromatic heterocycles.